The van der Waals surface area contributed by atoms with Crippen LogP contribution in [0.5, 0.6) is 0 Å². The predicted molar refractivity (Wildman–Crippen MR) is 52.9 cm³/mol. The van der Waals surface area contributed by atoms with Gasteiger partial charge in [-0.2, -0.15) is 0 Å². The largest absolute Gasteiger partial charge is 0.328 e. The highest BCUT2D eigenvalue weighted by molar-refractivity contribution is 4.90. The fourth-order valence-electron chi connectivity index (χ4n) is 2.04. The Balaban J connectivity index is 2.24. The normalized spacial score (nSPS) is 25.7. The van der Waals surface area contributed by atoms with Gasteiger partial charge in [-0.1, -0.05) is 0 Å². The second-order valence-corrected chi connectivity index (χ2v) is 3.81. The Bertz CT molecular complexity index is 450. The predicted octanol–water partition coefficient (Wildman–Crippen LogP) is -0.391. The van der Waals surface area contributed by atoms with Gasteiger partial charge in [0.15, 0.2) is 0 Å². The van der Waals surface area contributed by atoms with Crippen LogP contribution in [0.25, 0.3) is 0 Å². The SMILES string of the molecule is O=c1ccn([C@H]2CC[C@@H](NO)C2)c(=O)[nH]1. The van der Waals surface area contributed by atoms with Crippen molar-refractivity contribution in [3.8, 4) is 0 Å². The third-order valence-corrected chi connectivity index (χ3v) is 2.83. The maximum Gasteiger partial charge on any atom is 0.328 e. The number of H-pyrrole nitrogens is 1. The lowest BCUT2D eigenvalue weighted by atomic mass is 10.2. The van der Waals surface area contributed by atoms with Gasteiger partial charge in [-0.3, -0.25) is 14.3 Å². The van der Waals surface area contributed by atoms with Crippen LogP contribution in [0.1, 0.15) is 25.3 Å². The molecule has 1 aromatic rings. The minimum absolute atomic E-state index is 0.0360. The Morgan fingerprint density at radius 2 is 2.27 bits per heavy atom. The van der Waals surface area contributed by atoms with Gasteiger partial charge in [0.05, 0.1) is 0 Å². The van der Waals surface area contributed by atoms with Gasteiger partial charge >= 0.3 is 5.69 Å². The molecule has 0 bridgehead atoms. The molecule has 1 heterocycles. The number of aromatic nitrogens is 2. The number of hydroxylamine groups is 1. The second kappa shape index (κ2) is 4.00. The average Bonchev–Trinajstić information content (AvgIpc) is 2.66. The summed E-state index contributed by atoms with van der Waals surface area (Å²) in [4.78, 5) is 24.5. The second-order valence-electron chi connectivity index (χ2n) is 3.81. The summed E-state index contributed by atoms with van der Waals surface area (Å²) in [6.45, 7) is 0. The molecule has 0 aliphatic heterocycles. The van der Waals surface area contributed by atoms with E-state index in [-0.39, 0.29) is 23.3 Å². The molecule has 1 saturated carbocycles. The molecule has 1 aliphatic rings. The summed E-state index contributed by atoms with van der Waals surface area (Å²) < 4.78 is 1.51. The third kappa shape index (κ3) is 2.00. The van der Waals surface area contributed by atoms with Crippen LogP contribution >= 0.6 is 0 Å². The molecule has 3 N–H and O–H groups in total. The summed E-state index contributed by atoms with van der Waals surface area (Å²) in [6, 6.07) is 1.43. The van der Waals surface area contributed by atoms with Crippen molar-refractivity contribution in [3.63, 3.8) is 0 Å². The van der Waals surface area contributed by atoms with Crippen molar-refractivity contribution in [2.75, 3.05) is 0 Å². The Morgan fingerprint density at radius 3 is 2.87 bits per heavy atom. The molecule has 1 aromatic heterocycles. The molecular weight excluding hydrogens is 198 g/mol. The van der Waals surface area contributed by atoms with Gasteiger partial charge in [-0.25, -0.2) is 10.3 Å². The first-order valence-electron chi connectivity index (χ1n) is 4.92. The number of nitrogens with one attached hydrogen (secondary N) is 2. The van der Waals surface area contributed by atoms with E-state index in [0.717, 1.165) is 12.8 Å². The molecule has 0 saturated heterocycles. The van der Waals surface area contributed by atoms with E-state index in [1.807, 2.05) is 0 Å². The lowest BCUT2D eigenvalue weighted by molar-refractivity contribution is 0.126. The van der Waals surface area contributed by atoms with E-state index in [2.05, 4.69) is 10.5 Å². The molecule has 2 atom stereocenters. The van der Waals surface area contributed by atoms with Crippen molar-refractivity contribution < 1.29 is 5.21 Å². The van der Waals surface area contributed by atoms with Crippen molar-refractivity contribution in [3.05, 3.63) is 33.1 Å². The lowest BCUT2D eigenvalue weighted by Crippen LogP contribution is -2.31. The minimum Gasteiger partial charge on any atom is -0.317 e. The molecule has 0 amide bonds. The first-order valence-corrected chi connectivity index (χ1v) is 4.92. The van der Waals surface area contributed by atoms with Crippen LogP contribution in [-0.4, -0.2) is 20.8 Å². The average molecular weight is 211 g/mol. The quantitative estimate of drug-likeness (QED) is 0.581. The zero-order chi connectivity index (χ0) is 10.8. The van der Waals surface area contributed by atoms with E-state index < -0.39 is 0 Å². The van der Waals surface area contributed by atoms with Crippen molar-refractivity contribution in [2.45, 2.75) is 31.3 Å². The van der Waals surface area contributed by atoms with E-state index in [1.165, 1.54) is 16.8 Å². The van der Waals surface area contributed by atoms with Gasteiger partial charge in [0.2, 0.25) is 0 Å². The highest BCUT2D eigenvalue weighted by Crippen LogP contribution is 2.28. The van der Waals surface area contributed by atoms with Gasteiger partial charge in [-0.05, 0) is 19.3 Å². The summed E-state index contributed by atoms with van der Waals surface area (Å²) in [6.07, 6.45) is 3.85. The fraction of sp³-hybridized carbons (Fsp3) is 0.556. The number of hydrogen-bond acceptors (Lipinski definition) is 4. The monoisotopic (exact) mass is 211 g/mol. The summed E-state index contributed by atoms with van der Waals surface area (Å²) in [7, 11) is 0. The topological polar surface area (TPSA) is 87.1 Å². The zero-order valence-corrected chi connectivity index (χ0v) is 8.14. The van der Waals surface area contributed by atoms with Crippen molar-refractivity contribution in [2.24, 2.45) is 0 Å². The van der Waals surface area contributed by atoms with Crippen LogP contribution in [0.15, 0.2) is 21.9 Å². The van der Waals surface area contributed by atoms with E-state index in [4.69, 9.17) is 5.21 Å². The molecule has 0 spiro atoms. The van der Waals surface area contributed by atoms with Crippen LogP contribution in [0, 0.1) is 0 Å². The number of aromatic amines is 1. The molecule has 6 nitrogen and oxygen atoms in total. The molecular formula is C9H13N3O3. The lowest BCUT2D eigenvalue weighted by Gasteiger charge is -2.12. The number of rotatable bonds is 2. The van der Waals surface area contributed by atoms with Crippen molar-refractivity contribution >= 4 is 0 Å². The molecule has 15 heavy (non-hydrogen) atoms. The molecule has 2 rings (SSSR count). The smallest absolute Gasteiger partial charge is 0.317 e. The first-order chi connectivity index (χ1) is 7.20. The van der Waals surface area contributed by atoms with Crippen molar-refractivity contribution in [1.29, 1.82) is 0 Å². The minimum atomic E-state index is -0.383. The van der Waals surface area contributed by atoms with Crippen LogP contribution in [-0.2, 0) is 0 Å². The van der Waals surface area contributed by atoms with Crippen LogP contribution < -0.4 is 16.7 Å². The van der Waals surface area contributed by atoms with Gasteiger partial charge in [0.1, 0.15) is 0 Å². The van der Waals surface area contributed by atoms with Crippen LogP contribution in [0.2, 0.25) is 0 Å². The Hall–Kier alpha value is -1.40. The molecule has 82 valence electrons. The Labute approximate surface area is 85.5 Å². The van der Waals surface area contributed by atoms with Gasteiger partial charge in [-0.15, -0.1) is 0 Å². The fourth-order valence-corrected chi connectivity index (χ4v) is 2.04. The van der Waals surface area contributed by atoms with E-state index in [1.54, 1.807) is 0 Å². The van der Waals surface area contributed by atoms with Crippen LogP contribution in [0.4, 0.5) is 0 Å². The zero-order valence-electron chi connectivity index (χ0n) is 8.14. The summed E-state index contributed by atoms with van der Waals surface area (Å²) in [5.74, 6) is 0. The van der Waals surface area contributed by atoms with Crippen molar-refractivity contribution in [1.82, 2.24) is 15.0 Å². The molecule has 0 radical (unpaired) electrons. The van der Waals surface area contributed by atoms with E-state index >= 15 is 0 Å². The summed E-state index contributed by atoms with van der Waals surface area (Å²) in [5, 5.41) is 8.75. The maximum atomic E-state index is 11.4. The highest BCUT2D eigenvalue weighted by Gasteiger charge is 2.25. The third-order valence-electron chi connectivity index (χ3n) is 2.83. The molecule has 1 fully saturated rings. The summed E-state index contributed by atoms with van der Waals surface area (Å²) in [5.41, 5.74) is 1.44. The number of nitrogens with zero attached hydrogens (tertiary/aromatic N) is 1. The Kier molecular flexibility index (Phi) is 2.70. The molecule has 1 aliphatic carbocycles. The maximum absolute atomic E-state index is 11.4. The van der Waals surface area contributed by atoms with E-state index in [0.29, 0.717) is 6.42 Å². The molecule has 0 aromatic carbocycles. The molecule has 0 unspecified atom stereocenters. The highest BCUT2D eigenvalue weighted by atomic mass is 16.5. The first kappa shape index (κ1) is 10.1. The standard InChI is InChI=1S/C9H13N3O3/c13-8-3-4-12(9(14)10-8)7-2-1-6(5-7)11-15/h3-4,6-7,11,15H,1-2,5H2,(H,10,13,14)/t6-,7+/m1/s1. The molecule has 6 heteroatoms. The van der Waals surface area contributed by atoms with Gasteiger partial charge in [0, 0.05) is 24.3 Å². The van der Waals surface area contributed by atoms with Gasteiger partial charge < -0.3 is 5.21 Å². The van der Waals surface area contributed by atoms with Gasteiger partial charge in [0.25, 0.3) is 5.56 Å². The summed E-state index contributed by atoms with van der Waals surface area (Å²) >= 11 is 0. The van der Waals surface area contributed by atoms with Crippen LogP contribution in [0.3, 0.4) is 0 Å². The number of hydrogen-bond donors (Lipinski definition) is 3. The van der Waals surface area contributed by atoms with E-state index in [9.17, 15) is 9.59 Å². The Morgan fingerprint density at radius 1 is 1.47 bits per heavy atom.